The Morgan fingerprint density at radius 2 is 2.17 bits per heavy atom. The number of carbonyl (C=O) groups is 1. The lowest BCUT2D eigenvalue weighted by atomic mass is 10.0. The van der Waals surface area contributed by atoms with Crippen molar-refractivity contribution in [3.8, 4) is 0 Å². The van der Waals surface area contributed by atoms with Crippen molar-refractivity contribution < 1.29 is 9.53 Å². The van der Waals surface area contributed by atoms with Crippen LogP contribution in [0.15, 0.2) is 18.3 Å². The molecule has 24 heavy (non-hydrogen) atoms. The predicted octanol–water partition coefficient (Wildman–Crippen LogP) is 3.09. The molecule has 0 unspecified atom stereocenters. The van der Waals surface area contributed by atoms with Gasteiger partial charge < -0.3 is 14.5 Å². The first-order chi connectivity index (χ1) is 11.4. The smallest absolute Gasteiger partial charge is 0.410 e. The molecular weight excluding hydrogens is 304 g/mol. The van der Waals surface area contributed by atoms with E-state index < -0.39 is 5.60 Å². The first-order valence-electron chi connectivity index (χ1n) is 8.94. The van der Waals surface area contributed by atoms with Crippen LogP contribution in [0.5, 0.6) is 0 Å². The summed E-state index contributed by atoms with van der Waals surface area (Å²) in [6.07, 6.45) is 6.01. The number of anilines is 1. The number of rotatable bonds is 4. The van der Waals surface area contributed by atoms with Gasteiger partial charge in [-0.25, -0.2) is 4.79 Å². The number of amides is 1. The molecule has 6 heteroatoms. The van der Waals surface area contributed by atoms with E-state index in [0.717, 1.165) is 38.3 Å². The predicted molar refractivity (Wildman–Crippen MR) is 92.9 cm³/mol. The monoisotopic (exact) mass is 332 g/mol. The minimum Gasteiger partial charge on any atom is -0.444 e. The van der Waals surface area contributed by atoms with Gasteiger partial charge in [0.05, 0.1) is 6.04 Å². The fourth-order valence-corrected chi connectivity index (χ4v) is 3.15. The summed E-state index contributed by atoms with van der Waals surface area (Å²) in [5.74, 6) is 1.53. The van der Waals surface area contributed by atoms with Gasteiger partial charge in [-0.1, -0.05) is 0 Å². The minimum atomic E-state index is -0.460. The van der Waals surface area contributed by atoms with E-state index in [1.54, 1.807) is 6.20 Å². The highest BCUT2D eigenvalue weighted by atomic mass is 16.6. The van der Waals surface area contributed by atoms with Gasteiger partial charge in [0.15, 0.2) is 5.82 Å². The molecule has 0 N–H and O–H groups in total. The van der Waals surface area contributed by atoms with Crippen molar-refractivity contribution >= 4 is 11.9 Å². The van der Waals surface area contributed by atoms with Crippen LogP contribution >= 0.6 is 0 Å². The molecule has 1 saturated carbocycles. The van der Waals surface area contributed by atoms with Gasteiger partial charge in [-0.15, -0.1) is 5.10 Å². The van der Waals surface area contributed by atoms with Crippen molar-refractivity contribution in [2.45, 2.75) is 58.1 Å². The van der Waals surface area contributed by atoms with Crippen LogP contribution in [0.4, 0.5) is 10.6 Å². The molecule has 0 bridgehead atoms. The zero-order valence-electron chi connectivity index (χ0n) is 14.9. The van der Waals surface area contributed by atoms with Gasteiger partial charge in [0, 0.05) is 25.8 Å². The molecule has 3 rings (SSSR count). The largest absolute Gasteiger partial charge is 0.444 e. The lowest BCUT2D eigenvalue weighted by Gasteiger charge is -2.40. The maximum absolute atomic E-state index is 12.7. The molecular formula is C18H28N4O2. The maximum Gasteiger partial charge on any atom is 0.410 e. The van der Waals surface area contributed by atoms with Gasteiger partial charge in [-0.05, 0) is 64.5 Å². The first kappa shape index (κ1) is 17.0. The fourth-order valence-electron chi connectivity index (χ4n) is 3.15. The van der Waals surface area contributed by atoms with Crippen molar-refractivity contribution in [1.82, 2.24) is 15.1 Å². The summed E-state index contributed by atoms with van der Waals surface area (Å²) in [5.41, 5.74) is -0.460. The summed E-state index contributed by atoms with van der Waals surface area (Å²) in [6.45, 7) is 8.34. The summed E-state index contributed by atoms with van der Waals surface area (Å²) >= 11 is 0. The Labute approximate surface area is 144 Å². The SMILES string of the molecule is CC(C)(C)OC(=O)N(CC1CC1)[C@@H]1CCCN(c2cccnn2)C1. The molecule has 2 aliphatic rings. The number of nitrogens with zero attached hydrogens (tertiary/aromatic N) is 4. The molecule has 0 radical (unpaired) electrons. The highest BCUT2D eigenvalue weighted by Gasteiger charge is 2.35. The van der Waals surface area contributed by atoms with Crippen LogP contribution in [-0.4, -0.2) is 52.5 Å². The molecule has 1 aromatic heterocycles. The van der Waals surface area contributed by atoms with Crippen molar-refractivity contribution in [2.75, 3.05) is 24.5 Å². The van der Waals surface area contributed by atoms with Gasteiger partial charge in [0.2, 0.25) is 0 Å². The molecule has 0 spiro atoms. The number of piperidine rings is 1. The standard InChI is InChI=1S/C18H28N4O2/c1-18(2,3)24-17(23)22(12-14-8-9-14)15-6-5-11-21(13-15)16-7-4-10-19-20-16/h4,7,10,14-15H,5-6,8-9,11-13H2,1-3H3/t15-/m1/s1. The van der Waals surface area contributed by atoms with Gasteiger partial charge in [0.1, 0.15) is 5.60 Å². The molecule has 1 amide bonds. The zero-order chi connectivity index (χ0) is 17.2. The number of ether oxygens (including phenoxy) is 1. The number of hydrogen-bond donors (Lipinski definition) is 0. The number of aromatic nitrogens is 2. The van der Waals surface area contributed by atoms with Crippen molar-refractivity contribution in [3.63, 3.8) is 0 Å². The van der Waals surface area contributed by atoms with Gasteiger partial charge in [-0.2, -0.15) is 5.10 Å². The zero-order valence-corrected chi connectivity index (χ0v) is 14.9. The van der Waals surface area contributed by atoms with Crippen LogP contribution in [0.3, 0.4) is 0 Å². The van der Waals surface area contributed by atoms with Crippen LogP contribution < -0.4 is 4.90 Å². The lowest BCUT2D eigenvalue weighted by molar-refractivity contribution is 0.0134. The molecule has 132 valence electrons. The quantitative estimate of drug-likeness (QED) is 0.848. The average molecular weight is 332 g/mol. The minimum absolute atomic E-state index is 0.177. The van der Waals surface area contributed by atoms with Crippen LogP contribution in [0.1, 0.15) is 46.5 Å². The topological polar surface area (TPSA) is 58.6 Å². The maximum atomic E-state index is 12.7. The van der Waals surface area contributed by atoms with E-state index in [1.165, 1.54) is 12.8 Å². The van der Waals surface area contributed by atoms with E-state index in [2.05, 4.69) is 15.1 Å². The molecule has 1 aliphatic carbocycles. The highest BCUT2D eigenvalue weighted by Crippen LogP contribution is 2.32. The van der Waals surface area contributed by atoms with Crippen molar-refractivity contribution in [3.05, 3.63) is 18.3 Å². The second kappa shape index (κ2) is 6.95. The van der Waals surface area contributed by atoms with E-state index in [0.29, 0.717) is 5.92 Å². The Morgan fingerprint density at radius 1 is 1.38 bits per heavy atom. The van der Waals surface area contributed by atoms with Gasteiger partial charge in [0.25, 0.3) is 0 Å². The molecule has 1 aromatic rings. The van der Waals surface area contributed by atoms with Crippen molar-refractivity contribution in [2.24, 2.45) is 5.92 Å². The van der Waals surface area contributed by atoms with Crippen LogP contribution in [0, 0.1) is 5.92 Å². The third kappa shape index (κ3) is 4.58. The van der Waals surface area contributed by atoms with E-state index in [1.807, 2.05) is 37.8 Å². The molecule has 2 heterocycles. The molecule has 1 aliphatic heterocycles. The molecule has 1 atom stereocenters. The third-order valence-electron chi connectivity index (χ3n) is 4.50. The van der Waals surface area contributed by atoms with E-state index in [9.17, 15) is 4.79 Å². The van der Waals surface area contributed by atoms with Crippen LogP contribution in [-0.2, 0) is 4.74 Å². The molecule has 2 fully saturated rings. The second-order valence-corrected chi connectivity index (χ2v) is 7.90. The van der Waals surface area contributed by atoms with Gasteiger partial charge >= 0.3 is 6.09 Å². The van der Waals surface area contributed by atoms with Crippen LogP contribution in [0.25, 0.3) is 0 Å². The Hall–Kier alpha value is -1.85. The molecule has 1 saturated heterocycles. The van der Waals surface area contributed by atoms with Crippen molar-refractivity contribution in [1.29, 1.82) is 0 Å². The van der Waals surface area contributed by atoms with E-state index in [-0.39, 0.29) is 12.1 Å². The van der Waals surface area contributed by atoms with Gasteiger partial charge in [-0.3, -0.25) is 0 Å². The average Bonchev–Trinajstić information content (AvgIpc) is 3.36. The Bertz CT molecular complexity index is 554. The third-order valence-corrected chi connectivity index (χ3v) is 4.50. The normalized spacial score (nSPS) is 21.5. The van der Waals surface area contributed by atoms with E-state index >= 15 is 0 Å². The Kier molecular flexibility index (Phi) is 4.92. The summed E-state index contributed by atoms with van der Waals surface area (Å²) in [4.78, 5) is 16.9. The summed E-state index contributed by atoms with van der Waals surface area (Å²) in [6, 6.07) is 4.06. The van der Waals surface area contributed by atoms with Crippen LogP contribution in [0.2, 0.25) is 0 Å². The van der Waals surface area contributed by atoms with E-state index in [4.69, 9.17) is 4.74 Å². The number of carbonyl (C=O) groups excluding carboxylic acids is 1. The number of hydrogen-bond acceptors (Lipinski definition) is 5. The first-order valence-corrected chi connectivity index (χ1v) is 8.94. The highest BCUT2D eigenvalue weighted by molar-refractivity contribution is 5.69. The Balaban J connectivity index is 1.70. The second-order valence-electron chi connectivity index (χ2n) is 7.90. The molecule has 6 nitrogen and oxygen atoms in total. The summed E-state index contributed by atoms with van der Waals surface area (Å²) in [5, 5.41) is 8.19. The summed E-state index contributed by atoms with van der Waals surface area (Å²) in [7, 11) is 0. The Morgan fingerprint density at radius 3 is 2.79 bits per heavy atom. The summed E-state index contributed by atoms with van der Waals surface area (Å²) < 4.78 is 5.66. The lowest BCUT2D eigenvalue weighted by Crippen LogP contribution is -2.52. The molecule has 0 aromatic carbocycles. The fraction of sp³-hybridized carbons (Fsp3) is 0.722.